The van der Waals surface area contributed by atoms with E-state index in [2.05, 4.69) is 9.47 Å². The third kappa shape index (κ3) is 4.40. The molecular formula is C21H20ClNO6S. The Kier molecular flexibility index (Phi) is 6.30. The lowest BCUT2D eigenvalue weighted by atomic mass is 10.0. The molecule has 0 amide bonds. The van der Waals surface area contributed by atoms with Crippen LogP contribution < -0.4 is 0 Å². The first-order valence-corrected chi connectivity index (χ1v) is 10.8. The molecule has 9 heteroatoms. The molecule has 30 heavy (non-hydrogen) atoms. The van der Waals surface area contributed by atoms with Crippen LogP contribution >= 0.6 is 11.6 Å². The number of hydrogen-bond donors (Lipinski definition) is 0. The zero-order chi connectivity index (χ0) is 22.1. The summed E-state index contributed by atoms with van der Waals surface area (Å²) in [6.45, 7) is 2.15. The van der Waals surface area contributed by atoms with Crippen LogP contribution in [0.5, 0.6) is 0 Å². The minimum atomic E-state index is -3.68. The van der Waals surface area contributed by atoms with E-state index >= 15 is 0 Å². The monoisotopic (exact) mass is 449 g/mol. The minimum absolute atomic E-state index is 0.200. The summed E-state index contributed by atoms with van der Waals surface area (Å²) in [4.78, 5) is 24.2. The highest BCUT2D eigenvalue weighted by Gasteiger charge is 2.46. The number of rotatable bonds is 6. The first kappa shape index (κ1) is 22.0. The minimum Gasteiger partial charge on any atom is -0.465 e. The van der Waals surface area contributed by atoms with E-state index < -0.39 is 28.0 Å². The molecule has 2 atom stereocenters. The van der Waals surface area contributed by atoms with E-state index in [9.17, 15) is 18.0 Å². The van der Waals surface area contributed by atoms with Gasteiger partial charge < -0.3 is 9.47 Å². The number of halogens is 1. The van der Waals surface area contributed by atoms with Gasteiger partial charge in [-0.15, -0.1) is 0 Å². The standard InChI is InChI=1S/C21H20ClNO6S/c1-13-4-7-16(8-5-13)30(26,27)23-12-19(23)17-9-6-15(22)10-14(17)11-18(20(24)28-2)21(25)29-3/h4-11,19H,12H2,1-3H3. The third-order valence-corrected chi connectivity index (χ3v) is 6.84. The maximum Gasteiger partial charge on any atom is 0.345 e. The Morgan fingerprint density at radius 1 is 1.07 bits per heavy atom. The smallest absolute Gasteiger partial charge is 0.345 e. The summed E-state index contributed by atoms with van der Waals surface area (Å²) in [5.41, 5.74) is 1.68. The number of hydrogen-bond acceptors (Lipinski definition) is 6. The quantitative estimate of drug-likeness (QED) is 0.221. The van der Waals surface area contributed by atoms with Crippen LogP contribution in [0.1, 0.15) is 22.7 Å². The van der Waals surface area contributed by atoms with E-state index in [4.69, 9.17) is 11.6 Å². The van der Waals surface area contributed by atoms with Crippen LogP contribution in [0.25, 0.3) is 6.08 Å². The van der Waals surface area contributed by atoms with Gasteiger partial charge >= 0.3 is 11.9 Å². The van der Waals surface area contributed by atoms with Crippen molar-refractivity contribution < 1.29 is 27.5 Å². The van der Waals surface area contributed by atoms with E-state index in [-0.39, 0.29) is 17.0 Å². The van der Waals surface area contributed by atoms with Crippen LogP contribution in [0.15, 0.2) is 52.9 Å². The average molecular weight is 450 g/mol. The molecule has 2 unspecified atom stereocenters. The van der Waals surface area contributed by atoms with Crippen molar-refractivity contribution in [2.75, 3.05) is 20.8 Å². The fourth-order valence-electron chi connectivity index (χ4n) is 3.04. The van der Waals surface area contributed by atoms with Gasteiger partial charge in [-0.2, -0.15) is 4.31 Å². The summed E-state index contributed by atoms with van der Waals surface area (Å²) in [7, 11) is -1.39. The fourth-order valence-corrected chi connectivity index (χ4v) is 4.76. The second kappa shape index (κ2) is 8.59. The van der Waals surface area contributed by atoms with Gasteiger partial charge in [0.1, 0.15) is 5.57 Å². The van der Waals surface area contributed by atoms with Gasteiger partial charge in [0.05, 0.1) is 25.2 Å². The topological polar surface area (TPSA) is 89.8 Å². The van der Waals surface area contributed by atoms with Crippen molar-refractivity contribution in [1.29, 1.82) is 0 Å². The van der Waals surface area contributed by atoms with Gasteiger partial charge in [0.2, 0.25) is 10.0 Å². The molecule has 3 rings (SSSR count). The third-order valence-electron chi connectivity index (χ3n) is 4.71. The molecule has 0 aromatic heterocycles. The average Bonchev–Trinajstić information content (AvgIpc) is 3.53. The molecule has 2 aromatic rings. The maximum absolute atomic E-state index is 12.9. The number of nitrogens with zero attached hydrogens (tertiary/aromatic N) is 1. The van der Waals surface area contributed by atoms with Crippen LogP contribution in [-0.4, -0.2) is 45.4 Å². The highest BCUT2D eigenvalue weighted by molar-refractivity contribution is 7.89. The van der Waals surface area contributed by atoms with Crippen molar-refractivity contribution in [3.8, 4) is 0 Å². The molecule has 0 bridgehead atoms. The number of ether oxygens (including phenoxy) is 2. The molecule has 1 aliphatic heterocycles. The number of carbonyl (C=O) groups is 2. The fraction of sp³-hybridized carbons (Fsp3) is 0.238. The van der Waals surface area contributed by atoms with Gasteiger partial charge in [-0.1, -0.05) is 35.4 Å². The van der Waals surface area contributed by atoms with Gasteiger partial charge in [0.15, 0.2) is 0 Å². The summed E-state index contributed by atoms with van der Waals surface area (Å²) < 4.78 is 36.5. The van der Waals surface area contributed by atoms with Gasteiger partial charge in [-0.3, -0.25) is 0 Å². The SMILES string of the molecule is COC(=O)C(=Cc1cc(Cl)ccc1C1CN1S(=O)(=O)c1ccc(C)cc1)C(=O)OC. The van der Waals surface area contributed by atoms with E-state index in [1.807, 2.05) is 6.92 Å². The molecule has 2 aromatic carbocycles. The summed E-state index contributed by atoms with van der Waals surface area (Å²) in [5, 5.41) is 0.368. The van der Waals surface area contributed by atoms with Gasteiger partial charge in [0.25, 0.3) is 0 Å². The first-order chi connectivity index (χ1) is 14.2. The number of carbonyl (C=O) groups excluding carboxylic acids is 2. The summed E-state index contributed by atoms with van der Waals surface area (Å²) in [6, 6.07) is 11.0. The predicted octanol–water partition coefficient (Wildman–Crippen LogP) is 3.12. The van der Waals surface area contributed by atoms with E-state index in [1.165, 1.54) is 10.4 Å². The molecule has 0 N–H and O–H groups in total. The molecule has 1 aliphatic rings. The molecule has 158 valence electrons. The zero-order valence-corrected chi connectivity index (χ0v) is 18.2. The van der Waals surface area contributed by atoms with Crippen molar-refractivity contribution in [3.63, 3.8) is 0 Å². The molecular weight excluding hydrogens is 430 g/mol. The number of aryl methyl sites for hydroxylation is 1. The molecule has 1 heterocycles. The van der Waals surface area contributed by atoms with E-state index in [0.717, 1.165) is 19.8 Å². The van der Waals surface area contributed by atoms with Crippen LogP contribution in [-0.2, 0) is 29.1 Å². The molecule has 0 spiro atoms. The highest BCUT2D eigenvalue weighted by Crippen LogP contribution is 2.42. The van der Waals surface area contributed by atoms with Crippen LogP contribution in [0.4, 0.5) is 0 Å². The number of esters is 2. The van der Waals surface area contributed by atoms with Gasteiger partial charge in [-0.05, 0) is 48.4 Å². The lowest BCUT2D eigenvalue weighted by molar-refractivity contribution is -0.143. The molecule has 7 nitrogen and oxygen atoms in total. The Morgan fingerprint density at radius 2 is 1.67 bits per heavy atom. The van der Waals surface area contributed by atoms with Crippen LogP contribution in [0, 0.1) is 6.92 Å². The largest absolute Gasteiger partial charge is 0.465 e. The highest BCUT2D eigenvalue weighted by atomic mass is 35.5. The van der Waals surface area contributed by atoms with E-state index in [0.29, 0.717) is 16.1 Å². The molecule has 1 saturated heterocycles. The first-order valence-electron chi connectivity index (χ1n) is 8.95. The van der Waals surface area contributed by atoms with Crippen LogP contribution in [0.3, 0.4) is 0 Å². The van der Waals surface area contributed by atoms with Crippen molar-refractivity contribution in [1.82, 2.24) is 4.31 Å². The Bertz CT molecular complexity index is 1110. The van der Waals surface area contributed by atoms with E-state index in [1.54, 1.807) is 42.5 Å². The van der Waals surface area contributed by atoms with Crippen molar-refractivity contribution in [3.05, 3.63) is 69.8 Å². The summed E-state index contributed by atoms with van der Waals surface area (Å²) >= 11 is 6.10. The zero-order valence-electron chi connectivity index (χ0n) is 16.6. The van der Waals surface area contributed by atoms with Gasteiger partial charge in [0, 0.05) is 11.6 Å². The second-order valence-corrected chi connectivity index (χ2v) is 9.04. The normalized spacial score (nSPS) is 17.7. The lowest BCUT2D eigenvalue weighted by Crippen LogP contribution is -2.16. The van der Waals surface area contributed by atoms with Crippen LogP contribution in [0.2, 0.25) is 5.02 Å². The summed E-state index contributed by atoms with van der Waals surface area (Å²) in [5.74, 6) is -1.74. The Hall–Kier alpha value is -2.68. The Labute approximate surface area is 179 Å². The summed E-state index contributed by atoms with van der Waals surface area (Å²) in [6.07, 6.45) is 1.30. The maximum atomic E-state index is 12.9. The van der Waals surface area contributed by atoms with Crippen molar-refractivity contribution in [2.24, 2.45) is 0 Å². The number of sulfonamides is 1. The van der Waals surface area contributed by atoms with Crippen molar-refractivity contribution >= 4 is 39.6 Å². The molecule has 1 fully saturated rings. The Balaban J connectivity index is 1.99. The molecule has 0 radical (unpaired) electrons. The Morgan fingerprint density at radius 3 is 2.23 bits per heavy atom. The van der Waals surface area contributed by atoms with Crippen molar-refractivity contribution in [2.45, 2.75) is 17.9 Å². The second-order valence-electron chi connectivity index (χ2n) is 6.72. The number of methoxy groups -OCH3 is 2. The predicted molar refractivity (Wildman–Crippen MR) is 111 cm³/mol. The molecule has 0 saturated carbocycles. The molecule has 0 aliphatic carbocycles. The lowest BCUT2D eigenvalue weighted by Gasteiger charge is -2.10. The van der Waals surface area contributed by atoms with Gasteiger partial charge in [-0.25, -0.2) is 18.0 Å². The number of benzene rings is 2.